The Hall–Kier alpha value is -1.89. The predicted molar refractivity (Wildman–Crippen MR) is 71.6 cm³/mol. The standard InChI is InChI=1S/C11H13N5OS/c1-6-9(17)13-3-4-16(6)8-7-2-5-18-10(7)15-11(12)14-8/h2,5-6H,3-4H2,1H3,(H,13,17)(H2,12,14,15). The number of piperazine rings is 1. The third-order valence-electron chi connectivity index (χ3n) is 3.09. The second-order valence-electron chi connectivity index (χ2n) is 4.21. The molecule has 1 amide bonds. The van der Waals surface area contributed by atoms with Crippen molar-refractivity contribution in [1.82, 2.24) is 15.3 Å². The number of anilines is 2. The Morgan fingerprint density at radius 2 is 2.39 bits per heavy atom. The maximum Gasteiger partial charge on any atom is 0.242 e. The van der Waals surface area contributed by atoms with Crippen LogP contribution in [0.15, 0.2) is 11.4 Å². The summed E-state index contributed by atoms with van der Waals surface area (Å²) in [6.07, 6.45) is 0. The highest BCUT2D eigenvalue weighted by atomic mass is 32.1. The van der Waals surface area contributed by atoms with E-state index in [1.165, 1.54) is 11.3 Å². The van der Waals surface area contributed by atoms with E-state index < -0.39 is 0 Å². The minimum Gasteiger partial charge on any atom is -0.368 e. The quantitative estimate of drug-likeness (QED) is 0.787. The van der Waals surface area contributed by atoms with Crippen LogP contribution in [0.3, 0.4) is 0 Å². The number of nitrogens with two attached hydrogens (primary N) is 1. The van der Waals surface area contributed by atoms with E-state index in [9.17, 15) is 4.79 Å². The van der Waals surface area contributed by atoms with Crippen LogP contribution in [0, 0.1) is 0 Å². The van der Waals surface area contributed by atoms with Gasteiger partial charge in [0.15, 0.2) is 0 Å². The molecule has 6 nitrogen and oxygen atoms in total. The van der Waals surface area contributed by atoms with Crippen molar-refractivity contribution in [3.05, 3.63) is 11.4 Å². The normalized spacial score (nSPS) is 20.2. The van der Waals surface area contributed by atoms with E-state index in [0.717, 1.165) is 22.6 Å². The fraction of sp³-hybridized carbons (Fsp3) is 0.364. The molecule has 3 heterocycles. The molecule has 1 unspecified atom stereocenters. The first-order chi connectivity index (χ1) is 8.66. The van der Waals surface area contributed by atoms with Gasteiger partial charge in [-0.25, -0.2) is 4.98 Å². The monoisotopic (exact) mass is 263 g/mol. The van der Waals surface area contributed by atoms with Crippen molar-refractivity contribution in [2.45, 2.75) is 13.0 Å². The molecule has 0 spiro atoms. The molecule has 0 radical (unpaired) electrons. The fourth-order valence-electron chi connectivity index (χ4n) is 2.15. The van der Waals surface area contributed by atoms with Gasteiger partial charge >= 0.3 is 0 Å². The fourth-order valence-corrected chi connectivity index (χ4v) is 2.91. The van der Waals surface area contributed by atoms with E-state index in [2.05, 4.69) is 15.3 Å². The average Bonchev–Trinajstić information content (AvgIpc) is 2.79. The Balaban J connectivity index is 2.12. The van der Waals surface area contributed by atoms with Crippen LogP contribution in [0.25, 0.3) is 10.2 Å². The van der Waals surface area contributed by atoms with Gasteiger partial charge in [-0.2, -0.15) is 4.98 Å². The summed E-state index contributed by atoms with van der Waals surface area (Å²) in [5, 5.41) is 5.75. The number of amides is 1. The van der Waals surface area contributed by atoms with Crippen molar-refractivity contribution in [2.75, 3.05) is 23.7 Å². The SMILES string of the molecule is CC1C(=O)NCCN1c1nc(N)nc2sccc12. The number of nitrogens with one attached hydrogen (secondary N) is 1. The molecule has 18 heavy (non-hydrogen) atoms. The molecule has 0 aliphatic carbocycles. The van der Waals surface area contributed by atoms with Gasteiger partial charge in [0.25, 0.3) is 0 Å². The number of fused-ring (bicyclic) bond motifs is 1. The van der Waals surface area contributed by atoms with Gasteiger partial charge in [0.2, 0.25) is 11.9 Å². The van der Waals surface area contributed by atoms with Crippen molar-refractivity contribution < 1.29 is 4.79 Å². The molecular weight excluding hydrogens is 250 g/mol. The van der Waals surface area contributed by atoms with Crippen molar-refractivity contribution in [3.8, 4) is 0 Å². The number of hydrogen-bond acceptors (Lipinski definition) is 6. The van der Waals surface area contributed by atoms with Crippen LogP contribution in [-0.2, 0) is 4.79 Å². The lowest BCUT2D eigenvalue weighted by Gasteiger charge is -2.34. The number of hydrogen-bond donors (Lipinski definition) is 2. The summed E-state index contributed by atoms with van der Waals surface area (Å²) in [5.41, 5.74) is 5.73. The van der Waals surface area contributed by atoms with Gasteiger partial charge in [-0.05, 0) is 18.4 Å². The Morgan fingerprint density at radius 1 is 1.56 bits per heavy atom. The highest BCUT2D eigenvalue weighted by Gasteiger charge is 2.28. The zero-order chi connectivity index (χ0) is 12.7. The second-order valence-corrected chi connectivity index (χ2v) is 5.10. The lowest BCUT2D eigenvalue weighted by Crippen LogP contribution is -2.54. The van der Waals surface area contributed by atoms with Crippen LogP contribution in [0.4, 0.5) is 11.8 Å². The highest BCUT2D eigenvalue weighted by Crippen LogP contribution is 2.29. The summed E-state index contributed by atoms with van der Waals surface area (Å²) < 4.78 is 0. The number of carbonyl (C=O) groups is 1. The molecule has 0 saturated carbocycles. The molecule has 0 aromatic carbocycles. The second kappa shape index (κ2) is 4.09. The maximum atomic E-state index is 11.7. The van der Waals surface area contributed by atoms with Crippen LogP contribution in [0.5, 0.6) is 0 Å². The van der Waals surface area contributed by atoms with Crippen LogP contribution in [0.1, 0.15) is 6.92 Å². The van der Waals surface area contributed by atoms with Gasteiger partial charge in [0.05, 0.1) is 5.39 Å². The van der Waals surface area contributed by atoms with Crippen LogP contribution >= 0.6 is 11.3 Å². The van der Waals surface area contributed by atoms with Gasteiger partial charge < -0.3 is 16.0 Å². The molecule has 3 rings (SSSR count). The number of carbonyl (C=O) groups excluding carboxylic acids is 1. The molecule has 0 bridgehead atoms. The average molecular weight is 263 g/mol. The molecule has 1 fully saturated rings. The van der Waals surface area contributed by atoms with Gasteiger partial charge in [-0.3, -0.25) is 4.79 Å². The van der Waals surface area contributed by atoms with Crippen molar-refractivity contribution >= 4 is 39.2 Å². The van der Waals surface area contributed by atoms with Crippen LogP contribution in [-0.4, -0.2) is 35.0 Å². The minimum absolute atomic E-state index is 0.0156. The summed E-state index contributed by atoms with van der Waals surface area (Å²) in [6.45, 7) is 3.22. The first kappa shape index (κ1) is 11.2. The number of rotatable bonds is 1. The van der Waals surface area contributed by atoms with E-state index in [4.69, 9.17) is 5.73 Å². The van der Waals surface area contributed by atoms with Gasteiger partial charge in [-0.1, -0.05) is 0 Å². The lowest BCUT2D eigenvalue weighted by molar-refractivity contribution is -0.122. The molecule has 7 heteroatoms. The van der Waals surface area contributed by atoms with E-state index in [0.29, 0.717) is 6.54 Å². The van der Waals surface area contributed by atoms with E-state index >= 15 is 0 Å². The number of nitrogens with zero attached hydrogens (tertiary/aromatic N) is 3. The van der Waals surface area contributed by atoms with Crippen LogP contribution in [0.2, 0.25) is 0 Å². The lowest BCUT2D eigenvalue weighted by atomic mass is 10.2. The van der Waals surface area contributed by atoms with E-state index in [-0.39, 0.29) is 17.9 Å². The summed E-state index contributed by atoms with van der Waals surface area (Å²) in [4.78, 5) is 23.0. The smallest absolute Gasteiger partial charge is 0.242 e. The van der Waals surface area contributed by atoms with E-state index in [1.807, 2.05) is 23.3 Å². The Bertz CT molecular complexity index is 610. The summed E-state index contributed by atoms with van der Waals surface area (Å²) in [7, 11) is 0. The van der Waals surface area contributed by atoms with Crippen LogP contribution < -0.4 is 16.0 Å². The number of nitrogen functional groups attached to an aromatic ring is 1. The molecule has 1 aliphatic rings. The third kappa shape index (κ3) is 1.67. The molecule has 1 atom stereocenters. The molecule has 1 saturated heterocycles. The Morgan fingerprint density at radius 3 is 3.22 bits per heavy atom. The molecule has 2 aromatic rings. The van der Waals surface area contributed by atoms with Gasteiger partial charge in [-0.15, -0.1) is 11.3 Å². The first-order valence-corrected chi connectivity index (χ1v) is 6.60. The van der Waals surface area contributed by atoms with Gasteiger partial charge in [0, 0.05) is 13.1 Å². The highest BCUT2D eigenvalue weighted by molar-refractivity contribution is 7.16. The minimum atomic E-state index is -0.240. The topological polar surface area (TPSA) is 84.1 Å². The zero-order valence-electron chi connectivity index (χ0n) is 9.88. The van der Waals surface area contributed by atoms with Crippen molar-refractivity contribution in [3.63, 3.8) is 0 Å². The molecule has 1 aliphatic heterocycles. The summed E-state index contributed by atoms with van der Waals surface area (Å²) in [5.74, 6) is 1.01. The summed E-state index contributed by atoms with van der Waals surface area (Å²) in [6, 6.07) is 1.73. The molecular formula is C11H13N5OS. The van der Waals surface area contributed by atoms with Crippen molar-refractivity contribution in [2.24, 2.45) is 0 Å². The third-order valence-corrected chi connectivity index (χ3v) is 3.90. The van der Waals surface area contributed by atoms with Crippen molar-refractivity contribution in [1.29, 1.82) is 0 Å². The van der Waals surface area contributed by atoms with Gasteiger partial charge in [0.1, 0.15) is 16.7 Å². The number of aromatic nitrogens is 2. The Labute approximate surface area is 108 Å². The Kier molecular flexibility index (Phi) is 2.55. The molecule has 3 N–H and O–H groups in total. The maximum absolute atomic E-state index is 11.7. The first-order valence-electron chi connectivity index (χ1n) is 5.72. The largest absolute Gasteiger partial charge is 0.368 e. The van der Waals surface area contributed by atoms with E-state index in [1.54, 1.807) is 0 Å². The molecule has 94 valence electrons. The predicted octanol–water partition coefficient (Wildman–Crippen LogP) is 0.598. The number of thiophene rings is 1. The summed E-state index contributed by atoms with van der Waals surface area (Å²) >= 11 is 1.52. The molecule has 2 aromatic heterocycles. The zero-order valence-corrected chi connectivity index (χ0v) is 10.7.